The molecule has 0 unspecified atom stereocenters. The van der Waals surface area contributed by atoms with E-state index in [9.17, 15) is 9.65 Å². The minimum atomic E-state index is -0.386. The molecule has 0 bridgehead atoms. The van der Waals surface area contributed by atoms with Crippen LogP contribution in [0.4, 0.5) is 4.39 Å². The van der Waals surface area contributed by atoms with Crippen LogP contribution in [-0.2, 0) is 11.3 Å². The highest BCUT2D eigenvalue weighted by Crippen LogP contribution is 2.24. The molecule has 3 nitrogen and oxygen atoms in total. The van der Waals surface area contributed by atoms with E-state index < -0.39 is 0 Å². The van der Waals surface area contributed by atoms with Crippen molar-refractivity contribution in [1.82, 2.24) is 4.57 Å². The zero-order valence-corrected chi connectivity index (χ0v) is 13.1. The van der Waals surface area contributed by atoms with E-state index in [4.69, 9.17) is 4.74 Å². The van der Waals surface area contributed by atoms with Gasteiger partial charge in [-0.3, -0.25) is 0 Å². The van der Waals surface area contributed by atoms with Crippen LogP contribution in [0.3, 0.4) is 0 Å². The number of rotatable bonds is 5. The van der Waals surface area contributed by atoms with Crippen molar-refractivity contribution >= 4 is 11.6 Å². The van der Waals surface area contributed by atoms with E-state index in [0.717, 1.165) is 23.5 Å². The molecule has 2 rings (SSSR count). The molecule has 1 heterocycles. The van der Waals surface area contributed by atoms with Gasteiger partial charge in [0, 0.05) is 30.6 Å². The lowest BCUT2D eigenvalue weighted by atomic mass is 10.0. The fourth-order valence-electron chi connectivity index (χ4n) is 2.51. The fourth-order valence-corrected chi connectivity index (χ4v) is 2.51. The summed E-state index contributed by atoms with van der Waals surface area (Å²) >= 11 is 0. The van der Waals surface area contributed by atoms with Crippen molar-refractivity contribution in [1.29, 1.82) is 5.26 Å². The predicted octanol–water partition coefficient (Wildman–Crippen LogP) is 3.95. The second kappa shape index (κ2) is 7.06. The van der Waals surface area contributed by atoms with Crippen molar-refractivity contribution in [2.75, 3.05) is 13.7 Å². The van der Waals surface area contributed by atoms with E-state index in [1.165, 1.54) is 6.07 Å². The number of hydrogen-bond donors (Lipinski definition) is 0. The number of nitriles is 1. The van der Waals surface area contributed by atoms with Gasteiger partial charge in [-0.2, -0.15) is 5.26 Å². The molecule has 114 valence electrons. The summed E-state index contributed by atoms with van der Waals surface area (Å²) in [6.45, 7) is 5.38. The summed E-state index contributed by atoms with van der Waals surface area (Å²) in [5.74, 6) is -0.386. The van der Waals surface area contributed by atoms with Crippen LogP contribution in [0.5, 0.6) is 0 Å². The summed E-state index contributed by atoms with van der Waals surface area (Å²) in [6.07, 6.45) is 1.74. The summed E-state index contributed by atoms with van der Waals surface area (Å²) in [4.78, 5) is 0. The van der Waals surface area contributed by atoms with Crippen LogP contribution in [-0.4, -0.2) is 18.3 Å². The van der Waals surface area contributed by atoms with Crippen LogP contribution in [0.2, 0.25) is 0 Å². The number of aryl methyl sites for hydroxylation is 1. The highest BCUT2D eigenvalue weighted by molar-refractivity contribution is 5.90. The second-order valence-electron chi connectivity index (χ2n) is 5.12. The molecule has 0 aliphatic heterocycles. The van der Waals surface area contributed by atoms with Gasteiger partial charge in [0.1, 0.15) is 5.82 Å². The number of ether oxygens (including phenoxy) is 1. The lowest BCUT2D eigenvalue weighted by Crippen LogP contribution is -2.07. The Balaban J connectivity index is 2.44. The summed E-state index contributed by atoms with van der Waals surface area (Å²) in [5, 5.41) is 9.36. The summed E-state index contributed by atoms with van der Waals surface area (Å²) in [7, 11) is 1.67. The SMILES string of the molecule is COCCn1c(C)cc(C=C(C#N)c2ccccc2F)c1C. The quantitative estimate of drug-likeness (QED) is 0.784. The van der Waals surface area contributed by atoms with Crippen molar-refractivity contribution < 1.29 is 9.13 Å². The first kappa shape index (κ1) is 16.0. The molecule has 0 radical (unpaired) electrons. The average molecular weight is 298 g/mol. The highest BCUT2D eigenvalue weighted by atomic mass is 19.1. The molecule has 0 spiro atoms. The zero-order chi connectivity index (χ0) is 16.1. The maximum atomic E-state index is 13.9. The molecule has 0 amide bonds. The van der Waals surface area contributed by atoms with Crippen molar-refractivity contribution in [3.63, 3.8) is 0 Å². The van der Waals surface area contributed by atoms with Crippen LogP contribution in [0.25, 0.3) is 11.6 Å². The molecule has 0 saturated heterocycles. The van der Waals surface area contributed by atoms with Crippen LogP contribution in [0.15, 0.2) is 30.3 Å². The van der Waals surface area contributed by atoms with E-state index in [1.807, 2.05) is 19.9 Å². The summed E-state index contributed by atoms with van der Waals surface area (Å²) in [5.41, 5.74) is 3.70. The number of methoxy groups -OCH3 is 1. The lowest BCUT2D eigenvalue weighted by Gasteiger charge is -2.08. The molecule has 0 saturated carbocycles. The van der Waals surface area contributed by atoms with Crippen molar-refractivity contribution in [2.24, 2.45) is 0 Å². The van der Waals surface area contributed by atoms with Crippen LogP contribution in [0, 0.1) is 31.0 Å². The van der Waals surface area contributed by atoms with E-state index in [-0.39, 0.29) is 5.82 Å². The molecule has 0 atom stereocenters. The largest absolute Gasteiger partial charge is 0.383 e. The van der Waals surface area contributed by atoms with E-state index in [0.29, 0.717) is 17.7 Å². The minimum Gasteiger partial charge on any atom is -0.383 e. The second-order valence-corrected chi connectivity index (χ2v) is 5.12. The Morgan fingerprint density at radius 3 is 2.73 bits per heavy atom. The van der Waals surface area contributed by atoms with Gasteiger partial charge in [0.05, 0.1) is 18.2 Å². The number of nitrogens with zero attached hydrogens (tertiary/aromatic N) is 2. The standard InChI is InChI=1S/C18H19FN2O/c1-13-10-15(14(2)21(13)8-9-22-3)11-16(12-20)17-6-4-5-7-18(17)19/h4-7,10-11H,8-9H2,1-3H3. The van der Waals surface area contributed by atoms with E-state index in [1.54, 1.807) is 31.4 Å². The first-order chi connectivity index (χ1) is 10.6. The minimum absolute atomic E-state index is 0.324. The first-order valence-electron chi connectivity index (χ1n) is 7.11. The van der Waals surface area contributed by atoms with Gasteiger partial charge in [-0.25, -0.2) is 4.39 Å². The van der Waals surface area contributed by atoms with Gasteiger partial charge in [0.15, 0.2) is 0 Å². The number of benzene rings is 1. The van der Waals surface area contributed by atoms with Gasteiger partial charge >= 0.3 is 0 Å². The lowest BCUT2D eigenvalue weighted by molar-refractivity contribution is 0.186. The smallest absolute Gasteiger partial charge is 0.131 e. The van der Waals surface area contributed by atoms with Gasteiger partial charge in [0.2, 0.25) is 0 Å². The van der Waals surface area contributed by atoms with Gasteiger partial charge in [-0.15, -0.1) is 0 Å². The Bertz CT molecular complexity index is 738. The molecular formula is C18H19FN2O. The molecule has 2 aromatic rings. The third kappa shape index (κ3) is 3.26. The van der Waals surface area contributed by atoms with Gasteiger partial charge in [-0.05, 0) is 37.6 Å². The topological polar surface area (TPSA) is 38.0 Å². The Labute approximate surface area is 130 Å². The number of aromatic nitrogens is 1. The van der Waals surface area contributed by atoms with Crippen molar-refractivity contribution in [3.05, 3.63) is 58.7 Å². The Morgan fingerprint density at radius 2 is 2.09 bits per heavy atom. The molecular weight excluding hydrogens is 279 g/mol. The van der Waals surface area contributed by atoms with Gasteiger partial charge in [0.25, 0.3) is 0 Å². The molecule has 0 fully saturated rings. The molecule has 1 aromatic carbocycles. The third-order valence-electron chi connectivity index (χ3n) is 3.72. The molecule has 0 aliphatic rings. The maximum Gasteiger partial charge on any atom is 0.131 e. The number of allylic oxidation sites excluding steroid dienone is 1. The monoisotopic (exact) mass is 298 g/mol. The summed E-state index contributed by atoms with van der Waals surface area (Å²) < 4.78 is 21.1. The zero-order valence-electron chi connectivity index (χ0n) is 13.1. The molecule has 4 heteroatoms. The Kier molecular flexibility index (Phi) is 5.13. The molecule has 0 aliphatic carbocycles. The number of hydrogen-bond acceptors (Lipinski definition) is 2. The molecule has 22 heavy (non-hydrogen) atoms. The highest BCUT2D eigenvalue weighted by Gasteiger charge is 2.11. The van der Waals surface area contributed by atoms with Crippen LogP contribution < -0.4 is 0 Å². The number of halogens is 1. The van der Waals surface area contributed by atoms with Gasteiger partial charge < -0.3 is 9.30 Å². The Morgan fingerprint density at radius 1 is 1.36 bits per heavy atom. The third-order valence-corrected chi connectivity index (χ3v) is 3.72. The molecule has 1 aromatic heterocycles. The van der Waals surface area contributed by atoms with Crippen molar-refractivity contribution in [3.8, 4) is 6.07 Å². The van der Waals surface area contributed by atoms with Crippen molar-refractivity contribution in [2.45, 2.75) is 20.4 Å². The normalized spacial score (nSPS) is 11.5. The average Bonchev–Trinajstić information content (AvgIpc) is 2.78. The van der Waals surface area contributed by atoms with E-state index >= 15 is 0 Å². The van der Waals surface area contributed by atoms with Crippen LogP contribution >= 0.6 is 0 Å². The van der Waals surface area contributed by atoms with E-state index in [2.05, 4.69) is 10.6 Å². The Hall–Kier alpha value is -2.38. The first-order valence-corrected chi connectivity index (χ1v) is 7.11. The predicted molar refractivity (Wildman–Crippen MR) is 85.7 cm³/mol. The van der Waals surface area contributed by atoms with Gasteiger partial charge in [-0.1, -0.05) is 18.2 Å². The summed E-state index contributed by atoms with van der Waals surface area (Å²) in [6, 6.07) is 10.4. The molecule has 0 N–H and O–H groups in total. The fraction of sp³-hybridized carbons (Fsp3) is 0.278. The maximum absolute atomic E-state index is 13.9. The van der Waals surface area contributed by atoms with Crippen LogP contribution in [0.1, 0.15) is 22.5 Å².